The summed E-state index contributed by atoms with van der Waals surface area (Å²) in [6.45, 7) is 3.47. The molecule has 1 aromatic rings. The first-order chi connectivity index (χ1) is 11.3. The zero-order valence-corrected chi connectivity index (χ0v) is 14.7. The molecule has 1 aromatic carbocycles. The zero-order chi connectivity index (χ0) is 18.0. The summed E-state index contributed by atoms with van der Waals surface area (Å²) in [5, 5.41) is 22.8. The number of aliphatic hydroxyl groups excluding tert-OH is 1. The quantitative estimate of drug-likeness (QED) is 0.704. The second kappa shape index (κ2) is 7.19. The van der Waals surface area contributed by atoms with Crippen molar-refractivity contribution < 1.29 is 19.8 Å². The van der Waals surface area contributed by atoms with E-state index in [0.29, 0.717) is 22.0 Å². The van der Waals surface area contributed by atoms with Gasteiger partial charge in [-0.2, -0.15) is 0 Å². The number of carbonyl (C=O) groups excluding carboxylic acids is 1. The van der Waals surface area contributed by atoms with Crippen molar-refractivity contribution >= 4 is 46.5 Å². The third kappa shape index (κ3) is 3.37. The Morgan fingerprint density at radius 1 is 1.50 bits per heavy atom. The molecule has 6 nitrogen and oxygen atoms in total. The number of hydrogen-bond donors (Lipinski definition) is 3. The summed E-state index contributed by atoms with van der Waals surface area (Å²) < 4.78 is 0. The van der Waals surface area contributed by atoms with E-state index >= 15 is 0 Å². The second-order valence-electron chi connectivity index (χ2n) is 5.41. The Morgan fingerprint density at radius 3 is 2.75 bits per heavy atom. The average molecular weight is 369 g/mol. The first-order valence-electron chi connectivity index (χ1n) is 7.35. The predicted molar refractivity (Wildman–Crippen MR) is 95.7 cm³/mol. The molecule has 0 bridgehead atoms. The summed E-state index contributed by atoms with van der Waals surface area (Å²) in [5.41, 5.74) is 1.23. The Morgan fingerprint density at radius 2 is 2.17 bits per heavy atom. The number of aliphatic hydroxyl groups is 1. The summed E-state index contributed by atoms with van der Waals surface area (Å²) in [6, 6.07) is 4.57. The first-order valence-corrected chi connectivity index (χ1v) is 8.13. The number of nitrogens with zero attached hydrogens (tertiary/aromatic N) is 1. The van der Waals surface area contributed by atoms with Crippen molar-refractivity contribution in [2.75, 3.05) is 5.32 Å². The van der Waals surface area contributed by atoms with Gasteiger partial charge in [0.25, 0.3) is 5.91 Å². The van der Waals surface area contributed by atoms with Crippen molar-refractivity contribution in [3.05, 3.63) is 40.1 Å². The van der Waals surface area contributed by atoms with Crippen molar-refractivity contribution in [2.45, 2.75) is 32.7 Å². The summed E-state index contributed by atoms with van der Waals surface area (Å²) in [7, 11) is 0. The smallest absolute Gasteiger partial charge is 0.414 e. The van der Waals surface area contributed by atoms with E-state index in [1.807, 2.05) is 6.92 Å². The van der Waals surface area contributed by atoms with Gasteiger partial charge in [0.15, 0.2) is 0 Å². The fourth-order valence-corrected chi connectivity index (χ4v) is 3.26. The Kier molecular flexibility index (Phi) is 5.46. The van der Waals surface area contributed by atoms with E-state index in [-0.39, 0.29) is 22.7 Å². The number of thiocarbonyl (C=S) groups is 1. The van der Waals surface area contributed by atoms with Gasteiger partial charge in [-0.15, -0.1) is 0 Å². The van der Waals surface area contributed by atoms with Crippen LogP contribution in [0.25, 0.3) is 0 Å². The molecule has 1 atom stereocenters. The normalized spacial score (nSPS) is 17.9. The van der Waals surface area contributed by atoms with Crippen LogP contribution in [0.15, 0.2) is 29.5 Å². The van der Waals surface area contributed by atoms with E-state index in [0.717, 1.165) is 5.56 Å². The van der Waals surface area contributed by atoms with E-state index < -0.39 is 18.0 Å². The molecule has 0 fully saturated rings. The number of carbonyl (C=O) groups is 2. The number of nitrogens with one attached hydrogen (secondary N) is 1. The summed E-state index contributed by atoms with van der Waals surface area (Å²) in [6.07, 6.45) is -0.718. The molecular weight excluding hydrogens is 352 g/mol. The molecule has 3 N–H and O–H groups in total. The van der Waals surface area contributed by atoms with Crippen molar-refractivity contribution in [1.29, 1.82) is 0 Å². The van der Waals surface area contributed by atoms with Gasteiger partial charge in [0, 0.05) is 23.2 Å². The maximum atomic E-state index is 12.4. The van der Waals surface area contributed by atoms with Crippen LogP contribution in [0.1, 0.15) is 25.8 Å². The van der Waals surface area contributed by atoms with E-state index in [2.05, 4.69) is 5.32 Å². The number of imide groups is 1. The van der Waals surface area contributed by atoms with Crippen LogP contribution in [0, 0.1) is 0 Å². The zero-order valence-electron chi connectivity index (χ0n) is 13.2. The van der Waals surface area contributed by atoms with Gasteiger partial charge in [-0.1, -0.05) is 36.8 Å². The number of carboxylic acid groups (broad SMARTS) is 1. The third-order valence-corrected chi connectivity index (χ3v) is 4.46. The lowest BCUT2D eigenvalue weighted by atomic mass is 10.0. The lowest BCUT2D eigenvalue weighted by Gasteiger charge is -2.30. The average Bonchev–Trinajstić information content (AvgIpc) is 2.46. The highest BCUT2D eigenvalue weighted by Crippen LogP contribution is 2.28. The number of benzene rings is 1. The van der Waals surface area contributed by atoms with Gasteiger partial charge >= 0.3 is 6.09 Å². The molecule has 1 aliphatic rings. The molecule has 0 radical (unpaired) electrons. The van der Waals surface area contributed by atoms with Crippen molar-refractivity contribution in [1.82, 2.24) is 4.90 Å². The number of amides is 2. The largest absolute Gasteiger partial charge is 0.511 e. The molecule has 0 spiro atoms. The lowest BCUT2D eigenvalue weighted by molar-refractivity contribution is -0.127. The molecule has 0 aromatic heterocycles. The Balaban J connectivity index is 2.36. The molecule has 0 unspecified atom stereocenters. The van der Waals surface area contributed by atoms with Crippen LogP contribution >= 0.6 is 23.8 Å². The Hall–Kier alpha value is -2.12. The van der Waals surface area contributed by atoms with E-state index in [4.69, 9.17) is 23.8 Å². The molecule has 8 heteroatoms. The summed E-state index contributed by atoms with van der Waals surface area (Å²) in [4.78, 5) is 24.3. The molecule has 1 heterocycles. The fraction of sp³-hybridized carbons (Fsp3) is 0.312. The van der Waals surface area contributed by atoms with Crippen LogP contribution in [0.5, 0.6) is 0 Å². The number of rotatable bonds is 3. The van der Waals surface area contributed by atoms with Crippen LogP contribution in [0.2, 0.25) is 5.02 Å². The van der Waals surface area contributed by atoms with Crippen molar-refractivity contribution in [2.24, 2.45) is 0 Å². The van der Waals surface area contributed by atoms with Gasteiger partial charge in [-0.3, -0.25) is 4.79 Å². The second-order valence-corrected chi connectivity index (χ2v) is 6.22. The molecule has 128 valence electrons. The van der Waals surface area contributed by atoms with Crippen LogP contribution in [-0.4, -0.2) is 38.1 Å². The highest BCUT2D eigenvalue weighted by atomic mass is 35.5. The van der Waals surface area contributed by atoms with E-state index in [1.165, 1.54) is 0 Å². The molecule has 1 aliphatic heterocycles. The number of hydrogen-bond acceptors (Lipinski definition) is 4. The minimum Gasteiger partial charge on any atom is -0.511 e. The van der Waals surface area contributed by atoms with Gasteiger partial charge in [0.1, 0.15) is 16.3 Å². The van der Waals surface area contributed by atoms with Gasteiger partial charge < -0.3 is 15.5 Å². The predicted octanol–water partition coefficient (Wildman–Crippen LogP) is 3.75. The molecular formula is C16H17ClN2O4S. The topological polar surface area (TPSA) is 89.9 Å². The highest BCUT2D eigenvalue weighted by molar-refractivity contribution is 7.81. The van der Waals surface area contributed by atoms with Crippen molar-refractivity contribution in [3.8, 4) is 0 Å². The Bertz CT molecular complexity index is 748. The van der Waals surface area contributed by atoms with Gasteiger partial charge in [-0.25, -0.2) is 9.69 Å². The van der Waals surface area contributed by atoms with Crippen LogP contribution in [0.3, 0.4) is 0 Å². The molecule has 0 aliphatic carbocycles. The van der Waals surface area contributed by atoms with E-state index in [1.54, 1.807) is 25.1 Å². The van der Waals surface area contributed by atoms with Gasteiger partial charge in [0.05, 0.1) is 0 Å². The monoisotopic (exact) mass is 368 g/mol. The summed E-state index contributed by atoms with van der Waals surface area (Å²) >= 11 is 11.4. The molecule has 24 heavy (non-hydrogen) atoms. The molecule has 0 saturated heterocycles. The number of halogens is 1. The van der Waals surface area contributed by atoms with Crippen molar-refractivity contribution in [3.63, 3.8) is 0 Å². The summed E-state index contributed by atoms with van der Waals surface area (Å²) in [5.74, 6) is -1.06. The van der Waals surface area contributed by atoms with Crippen LogP contribution in [-0.2, 0) is 11.2 Å². The van der Waals surface area contributed by atoms with Gasteiger partial charge in [0.2, 0.25) is 0 Å². The third-order valence-electron chi connectivity index (χ3n) is 3.80. The van der Waals surface area contributed by atoms with Crippen LogP contribution < -0.4 is 5.32 Å². The molecule has 2 rings (SSSR count). The van der Waals surface area contributed by atoms with Gasteiger partial charge in [-0.05, 0) is 31.0 Å². The Labute approximate surface area is 149 Å². The highest BCUT2D eigenvalue weighted by Gasteiger charge is 2.38. The maximum Gasteiger partial charge on any atom is 0.414 e. The molecule has 0 saturated carbocycles. The fourth-order valence-electron chi connectivity index (χ4n) is 2.64. The standard InChI is InChI=1S/C16H17ClN2O4S/c1-3-9-10(17)5-4-6-11(9)18-14(24)13-12(20)7-8(2)19(15(13)21)16(22)23/h4-6,8,20H,3,7H2,1-2H3,(H,18,24)(H,22,23)/t8-/m1/s1. The van der Waals surface area contributed by atoms with Crippen LogP contribution in [0.4, 0.5) is 10.5 Å². The SMILES string of the molecule is CCc1c(Cl)cccc1NC(=S)C1=C(O)C[C@@H](C)N(C(=O)O)C1=O. The van der Waals surface area contributed by atoms with E-state index in [9.17, 15) is 19.8 Å². The lowest BCUT2D eigenvalue weighted by Crippen LogP contribution is -2.48. The minimum atomic E-state index is -1.38. The maximum absolute atomic E-state index is 12.4. The molecule has 2 amide bonds. The number of anilines is 1. The minimum absolute atomic E-state index is 0.0192. The first kappa shape index (κ1) is 18.2.